The first-order valence-corrected chi connectivity index (χ1v) is 16.5. The number of carbonyl (C=O) groups excluding carboxylic acids is 1. The van der Waals surface area contributed by atoms with Crippen LogP contribution in [0.4, 0.5) is 0 Å². The van der Waals surface area contributed by atoms with Crippen molar-refractivity contribution in [3.05, 3.63) is 60.8 Å². The maximum Gasteiger partial charge on any atom is 0.303 e. The summed E-state index contributed by atoms with van der Waals surface area (Å²) in [6.45, 7) is 6.07. The van der Waals surface area contributed by atoms with Gasteiger partial charge in [-0.05, 0) is 84.0 Å². The molecule has 0 spiro atoms. The number of carboxylic acids is 1. The summed E-state index contributed by atoms with van der Waals surface area (Å²) in [5.41, 5.74) is 0. The number of hydrogen-bond acceptors (Lipinski definition) is 2. The molecule has 238 valence electrons. The van der Waals surface area contributed by atoms with Gasteiger partial charge in [0.25, 0.3) is 0 Å². The fourth-order valence-electron chi connectivity index (χ4n) is 4.08. The molecule has 3 heteroatoms. The number of allylic oxidation sites excluding steroid dienone is 10. The van der Waals surface area contributed by atoms with E-state index in [1.807, 2.05) is 0 Å². The van der Waals surface area contributed by atoms with Gasteiger partial charge in [-0.25, -0.2) is 0 Å². The molecule has 0 saturated heterocycles. The van der Waals surface area contributed by atoms with Crippen LogP contribution in [0.5, 0.6) is 0 Å². The fraction of sp³-hybridized carbons (Fsp3) is 0.684. The van der Waals surface area contributed by atoms with Gasteiger partial charge in [-0.2, -0.15) is 0 Å². The molecular formula is C38H68O3. The summed E-state index contributed by atoms with van der Waals surface area (Å²) in [5, 5.41) is 8.50. The normalized spacial score (nSPS) is 11.6. The molecule has 0 unspecified atom stereocenters. The Morgan fingerprint density at radius 1 is 0.488 bits per heavy atom. The molecule has 41 heavy (non-hydrogen) atoms. The molecule has 0 aromatic rings. The summed E-state index contributed by atoms with van der Waals surface area (Å²) in [7, 11) is 0. The van der Waals surface area contributed by atoms with Crippen molar-refractivity contribution in [2.24, 2.45) is 0 Å². The highest BCUT2D eigenvalue weighted by Gasteiger charge is 1.96. The first kappa shape index (κ1) is 43.3. The smallest absolute Gasteiger partial charge is 0.303 e. The second-order valence-electron chi connectivity index (χ2n) is 10.7. The van der Waals surface area contributed by atoms with Crippen molar-refractivity contribution in [2.45, 2.75) is 169 Å². The number of hydrogen-bond donors (Lipinski definition) is 1. The lowest BCUT2D eigenvalue weighted by atomic mass is 10.1. The van der Waals surface area contributed by atoms with Gasteiger partial charge >= 0.3 is 5.97 Å². The highest BCUT2D eigenvalue weighted by Crippen LogP contribution is 2.09. The minimum absolute atomic E-state index is 0. The van der Waals surface area contributed by atoms with E-state index in [-0.39, 0.29) is 7.43 Å². The van der Waals surface area contributed by atoms with Gasteiger partial charge in [0.05, 0.1) is 0 Å². The zero-order valence-corrected chi connectivity index (χ0v) is 26.6. The lowest BCUT2D eigenvalue weighted by Gasteiger charge is -1.98. The number of aliphatic carboxylic acids is 1. The molecule has 0 amide bonds. The Kier molecular flexibility index (Phi) is 42.2. The van der Waals surface area contributed by atoms with E-state index in [0.717, 1.165) is 57.8 Å². The van der Waals surface area contributed by atoms with Crippen molar-refractivity contribution in [1.29, 1.82) is 0 Å². The van der Waals surface area contributed by atoms with Crippen molar-refractivity contribution in [2.75, 3.05) is 0 Å². The van der Waals surface area contributed by atoms with Crippen LogP contribution in [0.25, 0.3) is 0 Å². The minimum Gasteiger partial charge on any atom is -0.481 e. The first-order chi connectivity index (χ1) is 19.5. The molecular weight excluding hydrogens is 504 g/mol. The maximum absolute atomic E-state index is 10.8. The number of ketones is 1. The van der Waals surface area contributed by atoms with Crippen molar-refractivity contribution in [1.82, 2.24) is 0 Å². The molecule has 0 saturated carbocycles. The Balaban J connectivity index is -0.000000688. The van der Waals surface area contributed by atoms with Gasteiger partial charge in [0.1, 0.15) is 5.78 Å². The molecule has 0 aromatic carbocycles. The number of Topliss-reactive ketones (excluding diaryl/α,β-unsaturated/α-hetero) is 1. The minimum atomic E-state index is -0.671. The van der Waals surface area contributed by atoms with E-state index >= 15 is 0 Å². The van der Waals surface area contributed by atoms with Crippen molar-refractivity contribution in [3.63, 3.8) is 0 Å². The van der Waals surface area contributed by atoms with Crippen LogP contribution in [-0.2, 0) is 9.59 Å². The van der Waals surface area contributed by atoms with Crippen LogP contribution in [-0.4, -0.2) is 16.9 Å². The van der Waals surface area contributed by atoms with E-state index in [9.17, 15) is 9.59 Å². The molecule has 0 bridgehead atoms. The third-order valence-corrected chi connectivity index (χ3v) is 6.52. The molecule has 0 atom stereocenters. The van der Waals surface area contributed by atoms with Crippen LogP contribution in [0.3, 0.4) is 0 Å². The van der Waals surface area contributed by atoms with Gasteiger partial charge in [0.2, 0.25) is 0 Å². The fourth-order valence-corrected chi connectivity index (χ4v) is 4.08. The van der Waals surface area contributed by atoms with Gasteiger partial charge in [0, 0.05) is 12.8 Å². The van der Waals surface area contributed by atoms with Crippen LogP contribution in [0.15, 0.2) is 60.8 Å². The molecule has 1 N–H and O–H groups in total. The number of carbonyl (C=O) groups is 2. The Hall–Kier alpha value is -2.16. The van der Waals surface area contributed by atoms with E-state index in [4.69, 9.17) is 5.11 Å². The van der Waals surface area contributed by atoms with E-state index in [2.05, 4.69) is 74.6 Å². The van der Waals surface area contributed by atoms with Crippen LogP contribution in [0.1, 0.15) is 169 Å². The zero-order chi connectivity index (χ0) is 29.8. The quantitative estimate of drug-likeness (QED) is 0.0786. The molecule has 0 aliphatic rings. The zero-order valence-electron chi connectivity index (χ0n) is 26.6. The monoisotopic (exact) mass is 573 g/mol. The van der Waals surface area contributed by atoms with Gasteiger partial charge in [-0.15, -0.1) is 0 Å². The molecule has 0 fully saturated rings. The van der Waals surface area contributed by atoms with Crippen molar-refractivity contribution < 1.29 is 14.7 Å². The standard InChI is InChI=1S/C19H32O.C18H32O2.CH4/c1-3-4-5-6-7-8-9-10-11-12-13-14-15-16-17-18-19(2)20;1-2-3-4-5-6-7-8-9-10-11-12-13-14-15-16-17-18(19)20;/h4-5,7-8,10-11H,3,6,9,12-18H2,1-2H3;6-7,9-10H,2-5,8,11-17H2,1H3,(H,19,20);1H4/b5-4-,8-7-,11-10-;7-6-,10-9-;. The van der Waals surface area contributed by atoms with Crippen LogP contribution in [0.2, 0.25) is 0 Å². The summed E-state index contributed by atoms with van der Waals surface area (Å²) < 4.78 is 0. The predicted molar refractivity (Wildman–Crippen MR) is 184 cm³/mol. The summed E-state index contributed by atoms with van der Waals surface area (Å²) in [4.78, 5) is 21.1. The molecule has 0 aliphatic carbocycles. The Bertz CT molecular complexity index is 682. The van der Waals surface area contributed by atoms with Gasteiger partial charge in [-0.1, -0.05) is 133 Å². The lowest BCUT2D eigenvalue weighted by molar-refractivity contribution is -0.137. The lowest BCUT2D eigenvalue weighted by Crippen LogP contribution is -1.93. The number of carboxylic acid groups (broad SMARTS) is 1. The van der Waals surface area contributed by atoms with E-state index in [1.165, 1.54) is 77.0 Å². The van der Waals surface area contributed by atoms with E-state index < -0.39 is 5.97 Å². The molecule has 0 rings (SSSR count). The number of rotatable bonds is 27. The summed E-state index contributed by atoms with van der Waals surface area (Å²) >= 11 is 0. The first-order valence-electron chi connectivity index (χ1n) is 16.5. The van der Waals surface area contributed by atoms with Gasteiger partial charge in [-0.3, -0.25) is 4.79 Å². The summed E-state index contributed by atoms with van der Waals surface area (Å²) in [6, 6.07) is 0. The summed E-state index contributed by atoms with van der Waals surface area (Å²) in [5.74, 6) is -0.346. The second kappa shape index (κ2) is 40.0. The van der Waals surface area contributed by atoms with E-state index in [0.29, 0.717) is 12.2 Å². The SMILES string of the molecule is C.CC/C=C\C/C=C\C/C=C\CCCCCCCC(C)=O.CCCCC/C=C\C/C=C\CCCCCCCC(=O)O. The topological polar surface area (TPSA) is 54.4 Å². The van der Waals surface area contributed by atoms with Crippen molar-refractivity contribution >= 4 is 11.8 Å². The van der Waals surface area contributed by atoms with E-state index in [1.54, 1.807) is 6.92 Å². The Labute approximate surface area is 256 Å². The number of unbranched alkanes of at least 4 members (excludes halogenated alkanes) is 13. The molecule has 0 radical (unpaired) electrons. The molecule has 0 aromatic heterocycles. The van der Waals surface area contributed by atoms with Crippen LogP contribution >= 0.6 is 0 Å². The maximum atomic E-state index is 10.8. The third kappa shape index (κ3) is 47.9. The average Bonchev–Trinajstić information content (AvgIpc) is 2.93. The highest BCUT2D eigenvalue weighted by molar-refractivity contribution is 5.75. The van der Waals surface area contributed by atoms with Gasteiger partial charge < -0.3 is 9.90 Å². The Morgan fingerprint density at radius 3 is 1.27 bits per heavy atom. The third-order valence-electron chi connectivity index (χ3n) is 6.52. The molecule has 0 aliphatic heterocycles. The Morgan fingerprint density at radius 2 is 0.854 bits per heavy atom. The second-order valence-corrected chi connectivity index (χ2v) is 10.7. The van der Waals surface area contributed by atoms with Crippen LogP contribution in [0, 0.1) is 0 Å². The summed E-state index contributed by atoms with van der Waals surface area (Å²) in [6.07, 6.45) is 47.0. The largest absolute Gasteiger partial charge is 0.481 e. The average molecular weight is 573 g/mol. The predicted octanol–water partition coefficient (Wildman–Crippen LogP) is 12.7. The highest BCUT2D eigenvalue weighted by atomic mass is 16.4. The van der Waals surface area contributed by atoms with Crippen LogP contribution < -0.4 is 0 Å². The van der Waals surface area contributed by atoms with Crippen molar-refractivity contribution in [3.8, 4) is 0 Å². The molecule has 3 nitrogen and oxygen atoms in total. The van der Waals surface area contributed by atoms with Gasteiger partial charge in [0.15, 0.2) is 0 Å². The molecule has 0 heterocycles.